The van der Waals surface area contributed by atoms with Crippen LogP contribution in [0.25, 0.3) is 0 Å². The summed E-state index contributed by atoms with van der Waals surface area (Å²) in [5.41, 5.74) is 2.16. The van der Waals surface area contributed by atoms with E-state index in [2.05, 4.69) is 11.8 Å². The topological polar surface area (TPSA) is 55.4 Å². The molecular weight excluding hydrogens is 498 g/mol. The van der Waals surface area contributed by atoms with Crippen molar-refractivity contribution in [3.8, 4) is 11.8 Å². The van der Waals surface area contributed by atoms with E-state index in [0.717, 1.165) is 5.56 Å². The fourth-order valence-electron chi connectivity index (χ4n) is 3.02. The Labute approximate surface area is 179 Å². The van der Waals surface area contributed by atoms with E-state index in [1.54, 1.807) is 29.6 Å². The van der Waals surface area contributed by atoms with E-state index in [0.29, 0.717) is 15.6 Å². The Morgan fingerprint density at radius 2 is 1.62 bits per heavy atom. The zero-order chi connectivity index (χ0) is 21.0. The average Bonchev–Trinajstić information content (AvgIpc) is 3.02. The Kier molecular flexibility index (Phi) is 6.47. The summed E-state index contributed by atoms with van der Waals surface area (Å²) in [5, 5.41) is 1.77. The molecule has 8 heteroatoms. The van der Waals surface area contributed by atoms with Crippen molar-refractivity contribution in [1.82, 2.24) is 5.32 Å². The summed E-state index contributed by atoms with van der Waals surface area (Å²) in [7, 11) is 0. The number of halogens is 4. The standard InChI is InChI=1S/C21H15F3INO3/c22-21(23,24)20(28)26-18-17(16(12-25)29-19(18)27)15-10-8-14(9-11-15)7-6-13-4-2-1-3-5-13/h1-5,8-11,16-18H,12H2,(H,26,28)/t16-,17-,18+/m1/s1. The summed E-state index contributed by atoms with van der Waals surface area (Å²) in [6.07, 6.45) is -5.72. The van der Waals surface area contributed by atoms with E-state index in [-0.39, 0.29) is 0 Å². The van der Waals surface area contributed by atoms with Crippen molar-refractivity contribution >= 4 is 34.5 Å². The third-order valence-electron chi connectivity index (χ3n) is 4.40. The van der Waals surface area contributed by atoms with Gasteiger partial charge in [0.25, 0.3) is 0 Å². The summed E-state index contributed by atoms with van der Waals surface area (Å²) >= 11 is 1.99. The largest absolute Gasteiger partial charge is 0.471 e. The SMILES string of the molecule is O=C1O[C@H](CI)[C@@H](c2ccc(C#Cc3ccccc3)cc2)[C@@H]1NC(=O)C(F)(F)F. The van der Waals surface area contributed by atoms with E-state index < -0.39 is 36.1 Å². The highest BCUT2D eigenvalue weighted by atomic mass is 127. The molecule has 0 aromatic heterocycles. The molecule has 1 fully saturated rings. The quantitative estimate of drug-likeness (QED) is 0.296. The van der Waals surface area contributed by atoms with Gasteiger partial charge in [0.15, 0.2) is 0 Å². The van der Waals surface area contributed by atoms with Gasteiger partial charge in [-0.15, -0.1) is 0 Å². The van der Waals surface area contributed by atoms with Crippen LogP contribution in [0.15, 0.2) is 54.6 Å². The number of hydrogen-bond acceptors (Lipinski definition) is 3. The third-order valence-corrected chi connectivity index (χ3v) is 5.27. The first kappa shape index (κ1) is 21.2. The zero-order valence-corrected chi connectivity index (χ0v) is 17.0. The maximum absolute atomic E-state index is 12.6. The van der Waals surface area contributed by atoms with Crippen molar-refractivity contribution in [3.05, 3.63) is 71.3 Å². The molecule has 3 rings (SSSR count). The molecule has 1 aliphatic rings. The number of carbonyl (C=O) groups excluding carboxylic acids is 2. The van der Waals surface area contributed by atoms with E-state index >= 15 is 0 Å². The summed E-state index contributed by atoms with van der Waals surface area (Å²) in [6, 6.07) is 14.8. The number of cyclic esters (lactones) is 1. The van der Waals surface area contributed by atoms with Crippen LogP contribution in [0.3, 0.4) is 0 Å². The van der Waals surface area contributed by atoms with Gasteiger partial charge in [0.05, 0.1) is 5.92 Å². The van der Waals surface area contributed by atoms with Gasteiger partial charge in [-0.05, 0) is 29.8 Å². The lowest BCUT2D eigenvalue weighted by molar-refractivity contribution is -0.175. The van der Waals surface area contributed by atoms with Crippen LogP contribution in [0.4, 0.5) is 13.2 Å². The van der Waals surface area contributed by atoms with E-state index in [1.807, 2.05) is 52.9 Å². The number of carbonyl (C=O) groups is 2. The van der Waals surface area contributed by atoms with E-state index in [1.165, 1.54) is 0 Å². The Hall–Kier alpha value is -2.54. The second-order valence-corrected chi connectivity index (χ2v) is 7.22. The second-order valence-electron chi connectivity index (χ2n) is 6.34. The van der Waals surface area contributed by atoms with Gasteiger partial charge < -0.3 is 10.1 Å². The molecule has 0 radical (unpaired) electrons. The highest BCUT2D eigenvalue weighted by Crippen LogP contribution is 2.34. The number of alkyl halides is 4. The summed E-state index contributed by atoms with van der Waals surface area (Å²) in [5.74, 6) is 2.27. The van der Waals surface area contributed by atoms with Crippen LogP contribution in [0.5, 0.6) is 0 Å². The second kappa shape index (κ2) is 8.86. The molecule has 0 unspecified atom stereocenters. The lowest BCUT2D eigenvalue weighted by Gasteiger charge is -2.21. The Bertz CT molecular complexity index is 949. The average molecular weight is 513 g/mol. The minimum absolute atomic E-state index is 0.377. The first-order valence-corrected chi connectivity index (χ1v) is 10.1. The number of ether oxygens (including phenoxy) is 1. The molecule has 2 aromatic carbocycles. The molecule has 0 spiro atoms. The molecule has 4 nitrogen and oxygen atoms in total. The van der Waals surface area contributed by atoms with Crippen molar-refractivity contribution in [2.24, 2.45) is 0 Å². The minimum atomic E-state index is -5.08. The first-order valence-electron chi connectivity index (χ1n) is 8.61. The highest BCUT2D eigenvalue weighted by molar-refractivity contribution is 14.1. The van der Waals surface area contributed by atoms with E-state index in [4.69, 9.17) is 4.74 Å². The monoisotopic (exact) mass is 513 g/mol. The lowest BCUT2D eigenvalue weighted by atomic mass is 9.89. The van der Waals surface area contributed by atoms with Gasteiger partial charge in [-0.25, -0.2) is 4.79 Å². The Balaban J connectivity index is 1.83. The molecule has 150 valence electrons. The number of benzene rings is 2. The van der Waals surface area contributed by atoms with Gasteiger partial charge >= 0.3 is 18.1 Å². The van der Waals surface area contributed by atoms with Crippen molar-refractivity contribution in [2.45, 2.75) is 24.2 Å². The maximum Gasteiger partial charge on any atom is 0.471 e. The normalized spacial score (nSPS) is 21.1. The first-order chi connectivity index (χ1) is 13.8. The molecule has 29 heavy (non-hydrogen) atoms. The zero-order valence-electron chi connectivity index (χ0n) is 14.9. The fourth-order valence-corrected chi connectivity index (χ4v) is 3.75. The molecule has 0 bridgehead atoms. The van der Waals surface area contributed by atoms with Gasteiger partial charge in [0.2, 0.25) is 0 Å². The highest BCUT2D eigenvalue weighted by Gasteiger charge is 2.49. The number of esters is 1. The molecule has 1 aliphatic heterocycles. The molecule has 0 aliphatic carbocycles. The number of rotatable bonds is 3. The van der Waals surface area contributed by atoms with E-state index in [9.17, 15) is 22.8 Å². The Morgan fingerprint density at radius 1 is 1.03 bits per heavy atom. The molecule has 1 heterocycles. The number of hydrogen-bond donors (Lipinski definition) is 1. The van der Waals surface area contributed by atoms with Crippen molar-refractivity contribution in [3.63, 3.8) is 0 Å². The van der Waals surface area contributed by atoms with Crippen LogP contribution in [0.2, 0.25) is 0 Å². The van der Waals surface area contributed by atoms with Crippen LogP contribution in [-0.4, -0.2) is 34.6 Å². The molecule has 0 saturated carbocycles. The molecular formula is C21H15F3INO3. The van der Waals surface area contributed by atoms with Crippen LogP contribution in [-0.2, 0) is 14.3 Å². The molecule has 1 saturated heterocycles. The third kappa shape index (κ3) is 5.09. The van der Waals surface area contributed by atoms with Gasteiger partial charge in [0.1, 0.15) is 12.1 Å². The summed E-state index contributed by atoms with van der Waals surface area (Å²) in [6.45, 7) is 0. The fraction of sp³-hybridized carbons (Fsp3) is 0.238. The van der Waals surface area contributed by atoms with Crippen molar-refractivity contribution in [1.29, 1.82) is 0 Å². The number of amides is 1. The van der Waals surface area contributed by atoms with Crippen molar-refractivity contribution in [2.75, 3.05) is 4.43 Å². The Morgan fingerprint density at radius 3 is 2.17 bits per heavy atom. The maximum atomic E-state index is 12.6. The summed E-state index contributed by atoms with van der Waals surface area (Å²) < 4.78 is 43.5. The summed E-state index contributed by atoms with van der Waals surface area (Å²) in [4.78, 5) is 23.4. The van der Waals surface area contributed by atoms with Crippen molar-refractivity contribution < 1.29 is 27.5 Å². The smallest absolute Gasteiger partial charge is 0.459 e. The van der Waals surface area contributed by atoms with Gasteiger partial charge in [0, 0.05) is 15.6 Å². The van der Waals surface area contributed by atoms with Crippen LogP contribution < -0.4 is 5.32 Å². The van der Waals surface area contributed by atoms with Crippen LogP contribution in [0, 0.1) is 11.8 Å². The van der Waals surface area contributed by atoms with Crippen LogP contribution >= 0.6 is 22.6 Å². The molecule has 3 atom stereocenters. The lowest BCUT2D eigenvalue weighted by Crippen LogP contribution is -2.47. The predicted octanol–water partition coefficient (Wildman–Crippen LogP) is 3.58. The molecule has 1 amide bonds. The predicted molar refractivity (Wildman–Crippen MR) is 108 cm³/mol. The van der Waals surface area contributed by atoms with Gasteiger partial charge in [-0.3, -0.25) is 4.79 Å². The number of nitrogens with one attached hydrogen (secondary N) is 1. The minimum Gasteiger partial charge on any atom is -0.459 e. The molecule has 1 N–H and O–H groups in total. The molecule has 2 aromatic rings. The van der Waals surface area contributed by atoms with Gasteiger partial charge in [-0.1, -0.05) is 64.8 Å². The van der Waals surface area contributed by atoms with Crippen LogP contribution in [0.1, 0.15) is 22.6 Å². The van der Waals surface area contributed by atoms with Gasteiger partial charge in [-0.2, -0.15) is 13.2 Å².